The van der Waals surface area contributed by atoms with Crippen LogP contribution >= 0.6 is 0 Å². The van der Waals surface area contributed by atoms with Gasteiger partial charge in [0.15, 0.2) is 0 Å². The molecule has 0 N–H and O–H groups in total. The number of rotatable bonds is 6. The Balaban J connectivity index is 3.38. The molecule has 0 spiro atoms. The van der Waals surface area contributed by atoms with Crippen LogP contribution in [-0.2, 0) is 39.5 Å². The summed E-state index contributed by atoms with van der Waals surface area (Å²) in [6.45, 7) is 6.61. The monoisotopic (exact) mass is 238 g/mol. The van der Waals surface area contributed by atoms with Crippen LogP contribution in [0.25, 0.3) is 0 Å². The van der Waals surface area contributed by atoms with E-state index in [0.717, 1.165) is 6.92 Å². The van der Waals surface area contributed by atoms with E-state index >= 15 is 0 Å². The molecular formula is C8H14O8. The zero-order valence-electron chi connectivity index (χ0n) is 9.47. The van der Waals surface area contributed by atoms with Crippen molar-refractivity contribution in [3.05, 3.63) is 0 Å². The Morgan fingerprint density at radius 3 is 1.88 bits per heavy atom. The number of hydrogen-bond donors (Lipinski definition) is 0. The van der Waals surface area contributed by atoms with Crippen LogP contribution in [0.5, 0.6) is 0 Å². The molecule has 0 amide bonds. The molecule has 94 valence electrons. The van der Waals surface area contributed by atoms with E-state index in [4.69, 9.17) is 0 Å². The molecule has 0 aromatic rings. The number of hydrogen-bond acceptors (Lipinski definition) is 8. The molecule has 0 unspecified atom stereocenters. The minimum Gasteiger partial charge on any atom is -0.267 e. The van der Waals surface area contributed by atoms with Crippen LogP contribution < -0.4 is 0 Å². The first-order chi connectivity index (χ1) is 7.31. The highest BCUT2D eigenvalue weighted by Gasteiger charge is 2.18. The summed E-state index contributed by atoms with van der Waals surface area (Å²) in [4.78, 5) is 29.1. The Hall–Kier alpha value is -1.22. The fraction of sp³-hybridized carbons (Fsp3) is 0.750. The molecule has 0 fully saturated rings. The zero-order valence-corrected chi connectivity index (χ0v) is 9.47. The minimum absolute atomic E-state index is 0.126. The first-order valence-electron chi connectivity index (χ1n) is 4.36. The molecule has 0 saturated carbocycles. The van der Waals surface area contributed by atoms with Crippen LogP contribution in [0.2, 0.25) is 0 Å². The molecule has 0 bridgehead atoms. The summed E-state index contributed by atoms with van der Waals surface area (Å²) in [6.07, 6.45) is 0.126. The summed E-state index contributed by atoms with van der Waals surface area (Å²) in [7, 11) is 0. The van der Waals surface area contributed by atoms with E-state index in [-0.39, 0.29) is 11.8 Å². The molecule has 0 aromatic carbocycles. The highest BCUT2D eigenvalue weighted by molar-refractivity contribution is 5.69. The molecule has 0 radical (unpaired) electrons. The standard InChI is InChI=1S/C8H14O8/c1-6(9)11-13-15-16-14-12-7(10)5-8(2,3)4/h5H2,1-4H3. The van der Waals surface area contributed by atoms with Gasteiger partial charge in [0, 0.05) is 27.1 Å². The van der Waals surface area contributed by atoms with Crippen LogP contribution in [0, 0.1) is 5.41 Å². The zero-order chi connectivity index (χ0) is 12.6. The molecule has 0 aromatic heterocycles. The largest absolute Gasteiger partial charge is 0.346 e. The molecule has 0 heterocycles. The summed E-state index contributed by atoms with van der Waals surface area (Å²) >= 11 is 0. The van der Waals surface area contributed by atoms with Gasteiger partial charge in [-0.3, -0.25) is 9.78 Å². The van der Waals surface area contributed by atoms with Crippen LogP contribution in [0.15, 0.2) is 0 Å². The van der Waals surface area contributed by atoms with Crippen molar-refractivity contribution < 1.29 is 39.5 Å². The van der Waals surface area contributed by atoms with Gasteiger partial charge in [-0.25, -0.2) is 9.59 Å². The first kappa shape index (κ1) is 14.8. The van der Waals surface area contributed by atoms with Crippen molar-refractivity contribution in [3.63, 3.8) is 0 Å². The lowest BCUT2D eigenvalue weighted by Crippen LogP contribution is -2.16. The summed E-state index contributed by atoms with van der Waals surface area (Å²) in [5.41, 5.74) is -0.241. The Morgan fingerprint density at radius 2 is 1.44 bits per heavy atom. The first-order valence-corrected chi connectivity index (χ1v) is 4.36. The maximum Gasteiger partial charge on any atom is 0.346 e. The normalized spacial score (nSPS) is 11.0. The maximum atomic E-state index is 11.0. The molecule has 0 atom stereocenters. The topological polar surface area (TPSA) is 89.5 Å². The average Bonchev–Trinajstić information content (AvgIpc) is 2.07. The van der Waals surface area contributed by atoms with E-state index in [2.05, 4.69) is 29.9 Å². The quantitative estimate of drug-likeness (QED) is 0.387. The molecule has 0 aliphatic heterocycles. The van der Waals surface area contributed by atoms with Gasteiger partial charge in [-0.05, 0) is 5.41 Å². The molecule has 8 heteroatoms. The Morgan fingerprint density at radius 1 is 0.938 bits per heavy atom. The van der Waals surface area contributed by atoms with E-state index in [1.54, 1.807) is 0 Å². The SMILES string of the molecule is CC(=O)OOOOOOC(=O)CC(C)(C)C. The van der Waals surface area contributed by atoms with Crippen LogP contribution in [0.1, 0.15) is 34.1 Å². The lowest BCUT2D eigenvalue weighted by molar-refractivity contribution is -0.741. The average molecular weight is 238 g/mol. The van der Waals surface area contributed by atoms with Crippen LogP contribution in [-0.4, -0.2) is 11.9 Å². The van der Waals surface area contributed by atoms with E-state index in [9.17, 15) is 9.59 Å². The predicted molar refractivity (Wildman–Crippen MR) is 46.3 cm³/mol. The highest BCUT2D eigenvalue weighted by Crippen LogP contribution is 2.18. The summed E-state index contributed by atoms with van der Waals surface area (Å²) in [5, 5.41) is 14.9. The second-order valence-electron chi connectivity index (χ2n) is 4.04. The summed E-state index contributed by atoms with van der Waals surface area (Å²) < 4.78 is 0. The van der Waals surface area contributed by atoms with E-state index < -0.39 is 11.9 Å². The van der Waals surface area contributed by atoms with Crippen molar-refractivity contribution in [2.24, 2.45) is 5.41 Å². The van der Waals surface area contributed by atoms with Gasteiger partial charge in [0.2, 0.25) is 0 Å². The summed E-state index contributed by atoms with van der Waals surface area (Å²) in [5.74, 6) is -1.41. The smallest absolute Gasteiger partial charge is 0.267 e. The van der Waals surface area contributed by atoms with Gasteiger partial charge in [-0.15, -0.1) is 0 Å². The van der Waals surface area contributed by atoms with E-state index in [1.807, 2.05) is 20.8 Å². The third kappa shape index (κ3) is 10.9. The Kier molecular flexibility index (Phi) is 6.58. The third-order valence-corrected chi connectivity index (χ3v) is 1.04. The van der Waals surface area contributed by atoms with Gasteiger partial charge in [-0.2, -0.15) is 0 Å². The Labute approximate surface area is 91.9 Å². The molecule has 0 saturated heterocycles. The molecule has 0 aliphatic rings. The fourth-order valence-corrected chi connectivity index (χ4v) is 0.599. The van der Waals surface area contributed by atoms with Gasteiger partial charge >= 0.3 is 11.9 Å². The van der Waals surface area contributed by atoms with Crippen LogP contribution in [0.3, 0.4) is 0 Å². The molecule has 0 aliphatic carbocycles. The van der Waals surface area contributed by atoms with E-state index in [1.165, 1.54) is 0 Å². The third-order valence-electron chi connectivity index (χ3n) is 1.04. The van der Waals surface area contributed by atoms with Crippen molar-refractivity contribution in [1.29, 1.82) is 0 Å². The molecular weight excluding hydrogens is 224 g/mol. The molecule has 0 rings (SSSR count). The minimum atomic E-state index is -0.756. The lowest BCUT2D eigenvalue weighted by atomic mass is 9.93. The molecule has 8 nitrogen and oxygen atoms in total. The maximum absolute atomic E-state index is 11.0. The second kappa shape index (κ2) is 7.12. The predicted octanol–water partition coefficient (Wildman–Crippen LogP) is 1.17. The van der Waals surface area contributed by atoms with E-state index in [0.29, 0.717) is 0 Å². The van der Waals surface area contributed by atoms with Crippen molar-refractivity contribution in [2.75, 3.05) is 0 Å². The van der Waals surface area contributed by atoms with Gasteiger partial charge in [0.1, 0.15) is 0 Å². The van der Waals surface area contributed by atoms with Gasteiger partial charge in [-0.1, -0.05) is 20.8 Å². The second-order valence-corrected chi connectivity index (χ2v) is 4.04. The van der Waals surface area contributed by atoms with Gasteiger partial charge in [0.25, 0.3) is 0 Å². The van der Waals surface area contributed by atoms with Crippen molar-refractivity contribution in [2.45, 2.75) is 34.1 Å². The Bertz CT molecular complexity index is 231. The highest BCUT2D eigenvalue weighted by atomic mass is 17.8. The fourth-order valence-electron chi connectivity index (χ4n) is 0.599. The van der Waals surface area contributed by atoms with Crippen molar-refractivity contribution in [1.82, 2.24) is 0 Å². The van der Waals surface area contributed by atoms with Crippen molar-refractivity contribution in [3.8, 4) is 0 Å². The molecule has 16 heavy (non-hydrogen) atoms. The van der Waals surface area contributed by atoms with Gasteiger partial charge < -0.3 is 0 Å². The lowest BCUT2D eigenvalue weighted by Gasteiger charge is -2.14. The van der Waals surface area contributed by atoms with Crippen molar-refractivity contribution >= 4 is 11.9 Å². The number of carbonyl (C=O) groups excluding carboxylic acids is 2. The number of carbonyl (C=O) groups is 2. The van der Waals surface area contributed by atoms with Gasteiger partial charge in [0.05, 0.1) is 6.42 Å². The summed E-state index contributed by atoms with van der Waals surface area (Å²) in [6, 6.07) is 0. The van der Waals surface area contributed by atoms with Crippen LogP contribution in [0.4, 0.5) is 0 Å².